The number of halogens is 1. The maximum atomic E-state index is 13.1. The Hall–Kier alpha value is -1.77. The van der Waals surface area contributed by atoms with Crippen molar-refractivity contribution in [2.24, 2.45) is 0 Å². The summed E-state index contributed by atoms with van der Waals surface area (Å²) in [5.74, 6) is -0.219. The molecule has 0 fully saturated rings. The molecule has 0 aliphatic heterocycles. The van der Waals surface area contributed by atoms with Crippen LogP contribution in [0, 0.1) is 5.82 Å². The highest BCUT2D eigenvalue weighted by molar-refractivity contribution is 5.44. The lowest BCUT2D eigenvalue weighted by molar-refractivity contribution is 0.630. The molecule has 3 heteroatoms. The molecule has 0 amide bonds. The van der Waals surface area contributed by atoms with Crippen molar-refractivity contribution in [3.63, 3.8) is 0 Å². The van der Waals surface area contributed by atoms with Crippen LogP contribution >= 0.6 is 0 Å². The topological polar surface area (TPSA) is 27.8 Å². The predicted octanol–water partition coefficient (Wildman–Crippen LogP) is 2.77. The summed E-state index contributed by atoms with van der Waals surface area (Å²) < 4.78 is 13.1. The van der Waals surface area contributed by atoms with Gasteiger partial charge in [0.1, 0.15) is 5.82 Å². The number of anilines is 1. The van der Waals surface area contributed by atoms with E-state index in [0.29, 0.717) is 12.2 Å². The Morgan fingerprint density at radius 3 is 2.79 bits per heavy atom. The summed E-state index contributed by atoms with van der Waals surface area (Å²) in [4.78, 5) is 2.95. The summed E-state index contributed by atoms with van der Waals surface area (Å²) in [5, 5.41) is 3.02. The third kappa shape index (κ3) is 1.93. The molecule has 2 nitrogen and oxygen atoms in total. The predicted molar refractivity (Wildman–Crippen MR) is 54.5 cm³/mol. The van der Waals surface area contributed by atoms with Crippen LogP contribution in [0.3, 0.4) is 0 Å². The SMILES string of the molecule is Fc1ccccc1NCc1cc[nH]c1. The van der Waals surface area contributed by atoms with Crippen molar-refractivity contribution in [2.75, 3.05) is 5.32 Å². The molecule has 0 aliphatic rings. The van der Waals surface area contributed by atoms with Gasteiger partial charge >= 0.3 is 0 Å². The minimum atomic E-state index is -0.219. The lowest BCUT2D eigenvalue weighted by Crippen LogP contribution is -1.99. The first-order chi connectivity index (χ1) is 6.86. The highest BCUT2D eigenvalue weighted by atomic mass is 19.1. The van der Waals surface area contributed by atoms with E-state index in [1.807, 2.05) is 24.5 Å². The van der Waals surface area contributed by atoms with E-state index < -0.39 is 0 Å². The van der Waals surface area contributed by atoms with Gasteiger partial charge in [0, 0.05) is 18.9 Å². The number of hydrogen-bond acceptors (Lipinski definition) is 1. The van der Waals surface area contributed by atoms with Crippen molar-refractivity contribution in [3.8, 4) is 0 Å². The van der Waals surface area contributed by atoms with E-state index in [9.17, 15) is 4.39 Å². The van der Waals surface area contributed by atoms with Crippen LogP contribution in [0.15, 0.2) is 42.7 Å². The van der Waals surface area contributed by atoms with E-state index in [4.69, 9.17) is 0 Å². The lowest BCUT2D eigenvalue weighted by Gasteiger charge is -2.05. The van der Waals surface area contributed by atoms with E-state index in [0.717, 1.165) is 5.56 Å². The number of para-hydroxylation sites is 1. The van der Waals surface area contributed by atoms with E-state index >= 15 is 0 Å². The summed E-state index contributed by atoms with van der Waals surface area (Å²) in [5.41, 5.74) is 1.64. The third-order valence-electron chi connectivity index (χ3n) is 2.02. The fraction of sp³-hybridized carbons (Fsp3) is 0.0909. The minimum Gasteiger partial charge on any atom is -0.379 e. The Bertz CT molecular complexity index is 395. The van der Waals surface area contributed by atoms with Crippen LogP contribution in [-0.4, -0.2) is 4.98 Å². The lowest BCUT2D eigenvalue weighted by atomic mass is 10.3. The van der Waals surface area contributed by atoms with Gasteiger partial charge in [0.25, 0.3) is 0 Å². The molecular formula is C11H11FN2. The first-order valence-electron chi connectivity index (χ1n) is 4.46. The fourth-order valence-electron chi connectivity index (χ4n) is 1.27. The average Bonchev–Trinajstić information content (AvgIpc) is 2.69. The largest absolute Gasteiger partial charge is 0.379 e. The highest BCUT2D eigenvalue weighted by Crippen LogP contribution is 2.13. The maximum Gasteiger partial charge on any atom is 0.146 e. The number of rotatable bonds is 3. The Kier molecular flexibility index (Phi) is 2.49. The Morgan fingerprint density at radius 1 is 1.21 bits per heavy atom. The number of aromatic amines is 1. The molecule has 2 N–H and O–H groups in total. The van der Waals surface area contributed by atoms with Gasteiger partial charge in [0.2, 0.25) is 0 Å². The summed E-state index contributed by atoms with van der Waals surface area (Å²) >= 11 is 0. The van der Waals surface area contributed by atoms with E-state index in [-0.39, 0.29) is 5.82 Å². The quantitative estimate of drug-likeness (QED) is 0.765. The van der Waals surface area contributed by atoms with Crippen molar-refractivity contribution in [1.29, 1.82) is 0 Å². The van der Waals surface area contributed by atoms with Crippen LogP contribution in [-0.2, 0) is 6.54 Å². The van der Waals surface area contributed by atoms with Crippen molar-refractivity contribution in [1.82, 2.24) is 4.98 Å². The van der Waals surface area contributed by atoms with E-state index in [2.05, 4.69) is 10.3 Å². The van der Waals surface area contributed by atoms with Crippen LogP contribution < -0.4 is 5.32 Å². The number of H-pyrrole nitrogens is 1. The molecule has 0 saturated carbocycles. The van der Waals surface area contributed by atoms with Crippen molar-refractivity contribution in [2.45, 2.75) is 6.54 Å². The zero-order chi connectivity index (χ0) is 9.80. The van der Waals surface area contributed by atoms with Gasteiger partial charge in [-0.1, -0.05) is 12.1 Å². The summed E-state index contributed by atoms with van der Waals surface area (Å²) in [6.07, 6.45) is 3.73. The molecule has 1 aromatic carbocycles. The standard InChI is InChI=1S/C11H11FN2/c12-10-3-1-2-4-11(10)14-8-9-5-6-13-7-9/h1-7,13-14H,8H2. The smallest absolute Gasteiger partial charge is 0.146 e. The highest BCUT2D eigenvalue weighted by Gasteiger charge is 1.99. The maximum absolute atomic E-state index is 13.1. The van der Waals surface area contributed by atoms with Crippen LogP contribution in [0.5, 0.6) is 0 Å². The Morgan fingerprint density at radius 2 is 2.07 bits per heavy atom. The van der Waals surface area contributed by atoms with Crippen molar-refractivity contribution < 1.29 is 4.39 Å². The second-order valence-electron chi connectivity index (χ2n) is 3.05. The van der Waals surface area contributed by atoms with Crippen LogP contribution in [0.4, 0.5) is 10.1 Å². The van der Waals surface area contributed by atoms with Crippen LogP contribution in [0.2, 0.25) is 0 Å². The molecule has 0 spiro atoms. The fourth-order valence-corrected chi connectivity index (χ4v) is 1.27. The molecule has 0 atom stereocenters. The first kappa shape index (κ1) is 8.81. The molecule has 0 radical (unpaired) electrons. The molecule has 0 bridgehead atoms. The van der Waals surface area contributed by atoms with Crippen molar-refractivity contribution in [3.05, 3.63) is 54.1 Å². The van der Waals surface area contributed by atoms with Gasteiger partial charge in [-0.15, -0.1) is 0 Å². The summed E-state index contributed by atoms with van der Waals surface area (Å²) in [6.45, 7) is 0.629. The van der Waals surface area contributed by atoms with Crippen LogP contribution in [0.25, 0.3) is 0 Å². The van der Waals surface area contributed by atoms with Gasteiger partial charge in [-0.3, -0.25) is 0 Å². The number of nitrogens with one attached hydrogen (secondary N) is 2. The van der Waals surface area contributed by atoms with Gasteiger partial charge in [0.15, 0.2) is 0 Å². The molecule has 0 saturated heterocycles. The third-order valence-corrected chi connectivity index (χ3v) is 2.02. The van der Waals surface area contributed by atoms with Gasteiger partial charge < -0.3 is 10.3 Å². The number of benzene rings is 1. The first-order valence-corrected chi connectivity index (χ1v) is 4.46. The van der Waals surface area contributed by atoms with Gasteiger partial charge in [-0.2, -0.15) is 0 Å². The minimum absolute atomic E-state index is 0.219. The Balaban J connectivity index is 2.02. The summed E-state index contributed by atoms with van der Waals surface area (Å²) in [7, 11) is 0. The molecule has 2 aromatic rings. The zero-order valence-corrected chi connectivity index (χ0v) is 7.63. The monoisotopic (exact) mass is 190 g/mol. The van der Waals surface area contributed by atoms with Crippen molar-refractivity contribution >= 4 is 5.69 Å². The molecule has 72 valence electrons. The van der Waals surface area contributed by atoms with Crippen LogP contribution in [0.1, 0.15) is 5.56 Å². The van der Waals surface area contributed by atoms with E-state index in [1.165, 1.54) is 6.07 Å². The molecular weight excluding hydrogens is 179 g/mol. The Labute approximate surface area is 81.8 Å². The molecule has 2 rings (SSSR count). The zero-order valence-electron chi connectivity index (χ0n) is 7.63. The summed E-state index contributed by atoms with van der Waals surface area (Å²) in [6, 6.07) is 8.61. The molecule has 1 aromatic heterocycles. The number of hydrogen-bond donors (Lipinski definition) is 2. The molecule has 0 unspecified atom stereocenters. The average molecular weight is 190 g/mol. The van der Waals surface area contributed by atoms with Gasteiger partial charge in [-0.25, -0.2) is 4.39 Å². The second kappa shape index (κ2) is 3.96. The molecule has 0 aliphatic carbocycles. The molecule has 1 heterocycles. The van der Waals surface area contributed by atoms with Gasteiger partial charge in [0.05, 0.1) is 5.69 Å². The van der Waals surface area contributed by atoms with E-state index in [1.54, 1.807) is 12.1 Å². The second-order valence-corrected chi connectivity index (χ2v) is 3.05. The number of aromatic nitrogens is 1. The normalized spacial score (nSPS) is 10.1. The molecule has 14 heavy (non-hydrogen) atoms. The van der Waals surface area contributed by atoms with Gasteiger partial charge in [-0.05, 0) is 23.8 Å².